The number of hydrogen-bond acceptors (Lipinski definition) is 5. The second-order valence-electron chi connectivity index (χ2n) is 7.58. The minimum absolute atomic E-state index is 0.0623. The molecule has 1 amide bonds. The summed E-state index contributed by atoms with van der Waals surface area (Å²) in [4.78, 5) is 26.2. The highest BCUT2D eigenvalue weighted by atomic mass is 16.5. The van der Waals surface area contributed by atoms with Gasteiger partial charge in [-0.25, -0.2) is 4.98 Å². The number of rotatable bonds is 4. The number of carbonyl (C=O) groups is 1. The summed E-state index contributed by atoms with van der Waals surface area (Å²) in [6.45, 7) is 8.61. The van der Waals surface area contributed by atoms with Crippen molar-refractivity contribution in [3.63, 3.8) is 0 Å². The van der Waals surface area contributed by atoms with Gasteiger partial charge in [-0.3, -0.25) is 4.79 Å². The van der Waals surface area contributed by atoms with Crippen LogP contribution in [0.3, 0.4) is 0 Å². The van der Waals surface area contributed by atoms with Crippen molar-refractivity contribution < 1.29 is 9.53 Å². The van der Waals surface area contributed by atoms with E-state index >= 15 is 0 Å². The van der Waals surface area contributed by atoms with Crippen molar-refractivity contribution in [2.24, 2.45) is 0 Å². The van der Waals surface area contributed by atoms with E-state index in [4.69, 9.17) is 4.74 Å². The monoisotopic (exact) mass is 390 g/mol. The lowest BCUT2D eigenvalue weighted by Crippen LogP contribution is -2.49. The summed E-state index contributed by atoms with van der Waals surface area (Å²) >= 11 is 0. The first kappa shape index (κ1) is 19.2. The average molecular weight is 390 g/mol. The molecule has 0 N–H and O–H groups in total. The quantitative estimate of drug-likeness (QED) is 0.680. The molecule has 4 rings (SSSR count). The maximum absolute atomic E-state index is 13.1. The molecule has 6 heteroatoms. The van der Waals surface area contributed by atoms with E-state index in [1.807, 2.05) is 74.2 Å². The fraction of sp³-hybridized carbons (Fsp3) is 0.348. The van der Waals surface area contributed by atoms with Crippen molar-refractivity contribution >= 4 is 22.5 Å². The van der Waals surface area contributed by atoms with Gasteiger partial charge in [-0.15, -0.1) is 0 Å². The molecule has 0 spiro atoms. The first-order valence-corrected chi connectivity index (χ1v) is 10.1. The third-order valence-electron chi connectivity index (χ3n) is 5.07. The van der Waals surface area contributed by atoms with Gasteiger partial charge in [-0.05, 0) is 37.6 Å². The van der Waals surface area contributed by atoms with Crippen molar-refractivity contribution in [3.05, 3.63) is 59.9 Å². The van der Waals surface area contributed by atoms with Gasteiger partial charge in [-0.2, -0.15) is 4.98 Å². The molecule has 1 saturated heterocycles. The topological polar surface area (TPSA) is 58.6 Å². The Hall–Kier alpha value is -3.15. The molecule has 29 heavy (non-hydrogen) atoms. The molecular formula is C23H26N4O2. The number of carbonyl (C=O) groups excluding carboxylic acids is 1. The molecule has 1 aromatic heterocycles. The molecule has 0 aliphatic carbocycles. The summed E-state index contributed by atoms with van der Waals surface area (Å²) in [6.07, 6.45) is 0.0623. The molecule has 0 unspecified atom stereocenters. The molecule has 3 aromatic rings. The molecule has 150 valence electrons. The molecule has 2 heterocycles. The van der Waals surface area contributed by atoms with Gasteiger partial charge in [0.15, 0.2) is 0 Å². The highest BCUT2D eigenvalue weighted by molar-refractivity contribution is 6.07. The van der Waals surface area contributed by atoms with Crippen LogP contribution in [0, 0.1) is 6.92 Å². The lowest BCUT2D eigenvalue weighted by molar-refractivity contribution is 0.0748. The van der Waals surface area contributed by atoms with Gasteiger partial charge < -0.3 is 14.5 Å². The van der Waals surface area contributed by atoms with Gasteiger partial charge in [-0.1, -0.05) is 36.4 Å². The van der Waals surface area contributed by atoms with Crippen LogP contribution in [0.5, 0.6) is 5.88 Å². The van der Waals surface area contributed by atoms with E-state index in [-0.39, 0.29) is 12.0 Å². The second-order valence-corrected chi connectivity index (χ2v) is 7.58. The predicted molar refractivity (Wildman–Crippen MR) is 115 cm³/mol. The largest absolute Gasteiger partial charge is 0.475 e. The van der Waals surface area contributed by atoms with Gasteiger partial charge in [0.25, 0.3) is 5.91 Å². The highest BCUT2D eigenvalue weighted by Crippen LogP contribution is 2.23. The number of fused-ring (bicyclic) bond motifs is 1. The molecule has 6 nitrogen and oxygen atoms in total. The van der Waals surface area contributed by atoms with Crippen molar-refractivity contribution in [1.82, 2.24) is 14.9 Å². The second kappa shape index (κ2) is 8.07. The number of ether oxygens (including phenoxy) is 1. The minimum Gasteiger partial charge on any atom is -0.475 e. The first-order valence-electron chi connectivity index (χ1n) is 10.1. The molecule has 2 aromatic carbocycles. The van der Waals surface area contributed by atoms with Gasteiger partial charge in [0.1, 0.15) is 11.6 Å². The maximum atomic E-state index is 13.1. The Labute approximate surface area is 171 Å². The number of amides is 1. The molecule has 1 fully saturated rings. The standard InChI is InChI=1S/C23H26N4O2/c1-16(2)29-22-15-21(24-17(3)25-22)26-11-13-27(14-12-26)23(28)20-10-6-8-18-7-4-5-9-19(18)20/h4-10,15-16H,11-14H2,1-3H3. The van der Waals surface area contributed by atoms with Crippen LogP contribution in [0.15, 0.2) is 48.5 Å². The molecule has 0 bridgehead atoms. The van der Waals surface area contributed by atoms with E-state index in [2.05, 4.69) is 14.9 Å². The van der Waals surface area contributed by atoms with Crippen LogP contribution in [0.1, 0.15) is 30.0 Å². The van der Waals surface area contributed by atoms with Crippen LogP contribution in [0.4, 0.5) is 5.82 Å². The zero-order chi connectivity index (χ0) is 20.4. The van der Waals surface area contributed by atoms with Crippen LogP contribution in [0.25, 0.3) is 10.8 Å². The van der Waals surface area contributed by atoms with Crippen LogP contribution >= 0.6 is 0 Å². The van der Waals surface area contributed by atoms with Gasteiger partial charge >= 0.3 is 0 Å². The maximum Gasteiger partial charge on any atom is 0.254 e. The Balaban J connectivity index is 1.48. The third-order valence-corrected chi connectivity index (χ3v) is 5.07. The summed E-state index contributed by atoms with van der Waals surface area (Å²) in [5, 5.41) is 2.09. The first-order chi connectivity index (χ1) is 14.0. The fourth-order valence-electron chi connectivity index (χ4n) is 3.71. The third kappa shape index (κ3) is 4.16. The Bertz CT molecular complexity index is 1020. The molecule has 1 aliphatic heterocycles. The number of aryl methyl sites for hydroxylation is 1. The molecule has 0 saturated carbocycles. The van der Waals surface area contributed by atoms with Crippen molar-refractivity contribution in [1.29, 1.82) is 0 Å². The lowest BCUT2D eigenvalue weighted by Gasteiger charge is -2.35. The van der Waals surface area contributed by atoms with Crippen LogP contribution in [0.2, 0.25) is 0 Å². The van der Waals surface area contributed by atoms with Crippen LogP contribution in [-0.2, 0) is 0 Å². The van der Waals surface area contributed by atoms with E-state index in [1.54, 1.807) is 0 Å². The highest BCUT2D eigenvalue weighted by Gasteiger charge is 2.24. The SMILES string of the molecule is Cc1nc(OC(C)C)cc(N2CCN(C(=O)c3cccc4ccccc34)CC2)n1. The molecule has 0 atom stereocenters. The van der Waals surface area contributed by atoms with Gasteiger partial charge in [0.05, 0.1) is 6.10 Å². The van der Waals surface area contributed by atoms with Crippen LogP contribution < -0.4 is 9.64 Å². The molecule has 0 radical (unpaired) electrons. The summed E-state index contributed by atoms with van der Waals surface area (Å²) in [7, 11) is 0. The van der Waals surface area contributed by atoms with Crippen molar-refractivity contribution in [3.8, 4) is 5.88 Å². The zero-order valence-corrected chi connectivity index (χ0v) is 17.1. The van der Waals surface area contributed by atoms with E-state index in [0.29, 0.717) is 24.8 Å². The van der Waals surface area contributed by atoms with Crippen molar-refractivity contribution in [2.45, 2.75) is 26.9 Å². The Morgan fingerprint density at radius 3 is 2.48 bits per heavy atom. The number of aromatic nitrogens is 2. The summed E-state index contributed by atoms with van der Waals surface area (Å²) in [5.41, 5.74) is 0.766. The summed E-state index contributed by atoms with van der Waals surface area (Å²) in [6, 6.07) is 15.8. The Morgan fingerprint density at radius 1 is 1.00 bits per heavy atom. The predicted octanol–water partition coefficient (Wildman–Crippen LogP) is 3.69. The van der Waals surface area contributed by atoms with E-state index in [0.717, 1.165) is 35.2 Å². The summed E-state index contributed by atoms with van der Waals surface area (Å²) in [5.74, 6) is 2.22. The fourth-order valence-corrected chi connectivity index (χ4v) is 3.71. The molecular weight excluding hydrogens is 364 g/mol. The normalized spacial score (nSPS) is 14.5. The Morgan fingerprint density at radius 2 is 1.72 bits per heavy atom. The van der Waals surface area contributed by atoms with E-state index in [1.165, 1.54) is 0 Å². The summed E-state index contributed by atoms with van der Waals surface area (Å²) < 4.78 is 5.74. The number of hydrogen-bond donors (Lipinski definition) is 0. The Kier molecular flexibility index (Phi) is 5.34. The number of anilines is 1. The number of benzene rings is 2. The average Bonchev–Trinajstić information content (AvgIpc) is 2.72. The number of nitrogens with zero attached hydrogens (tertiary/aromatic N) is 4. The van der Waals surface area contributed by atoms with Crippen LogP contribution in [-0.4, -0.2) is 53.1 Å². The minimum atomic E-state index is 0.0623. The van der Waals surface area contributed by atoms with E-state index < -0.39 is 0 Å². The van der Waals surface area contributed by atoms with Gasteiger partial charge in [0, 0.05) is 37.8 Å². The lowest BCUT2D eigenvalue weighted by atomic mass is 10.0. The van der Waals surface area contributed by atoms with E-state index in [9.17, 15) is 4.79 Å². The molecule has 1 aliphatic rings. The van der Waals surface area contributed by atoms with Crippen molar-refractivity contribution in [2.75, 3.05) is 31.1 Å². The smallest absolute Gasteiger partial charge is 0.254 e. The number of piperazine rings is 1. The zero-order valence-electron chi connectivity index (χ0n) is 17.1. The van der Waals surface area contributed by atoms with Gasteiger partial charge in [0.2, 0.25) is 5.88 Å².